The largest absolute Gasteiger partial charge is 0.493 e. The minimum atomic E-state index is -3.51. The highest BCUT2D eigenvalue weighted by Crippen LogP contribution is 2.42. The van der Waals surface area contributed by atoms with E-state index in [4.69, 9.17) is 13.9 Å². The molecule has 0 fully saturated rings. The van der Waals surface area contributed by atoms with E-state index < -0.39 is 10.0 Å². The van der Waals surface area contributed by atoms with Gasteiger partial charge in [0.2, 0.25) is 10.0 Å². The van der Waals surface area contributed by atoms with Crippen molar-refractivity contribution in [2.75, 3.05) is 25.2 Å². The van der Waals surface area contributed by atoms with Gasteiger partial charge in [0, 0.05) is 6.07 Å². The van der Waals surface area contributed by atoms with Crippen LogP contribution in [0.3, 0.4) is 0 Å². The molecule has 28 heavy (non-hydrogen) atoms. The molecule has 0 bridgehead atoms. The number of hydrogen-bond donors (Lipinski definition) is 1. The minimum Gasteiger partial charge on any atom is -0.493 e. The SMILES string of the molecule is COc1cc(NS(C)(=O)=O)c(C(c2ccccc2)c2ccc(C)o2)cc1OC. The highest BCUT2D eigenvalue weighted by Gasteiger charge is 2.26. The second-order valence-corrected chi connectivity index (χ2v) is 8.21. The number of hydrogen-bond acceptors (Lipinski definition) is 5. The zero-order valence-corrected chi connectivity index (χ0v) is 17.0. The van der Waals surface area contributed by atoms with Crippen LogP contribution in [0.2, 0.25) is 0 Å². The summed E-state index contributed by atoms with van der Waals surface area (Å²) in [6.07, 6.45) is 1.11. The third-order valence-electron chi connectivity index (χ3n) is 4.34. The van der Waals surface area contributed by atoms with Gasteiger partial charge in [0.05, 0.1) is 32.1 Å². The van der Waals surface area contributed by atoms with Gasteiger partial charge in [-0.15, -0.1) is 0 Å². The number of methoxy groups -OCH3 is 2. The zero-order chi connectivity index (χ0) is 20.3. The van der Waals surface area contributed by atoms with Crippen LogP contribution in [0.1, 0.15) is 28.6 Å². The van der Waals surface area contributed by atoms with Gasteiger partial charge >= 0.3 is 0 Å². The molecule has 3 aromatic rings. The molecule has 0 aliphatic rings. The fraction of sp³-hybridized carbons (Fsp3) is 0.238. The van der Waals surface area contributed by atoms with E-state index in [1.165, 1.54) is 7.11 Å². The average molecular weight is 401 g/mol. The van der Waals surface area contributed by atoms with Crippen LogP contribution < -0.4 is 14.2 Å². The number of benzene rings is 2. The van der Waals surface area contributed by atoms with E-state index in [1.54, 1.807) is 19.2 Å². The monoisotopic (exact) mass is 401 g/mol. The van der Waals surface area contributed by atoms with Crippen LogP contribution in [-0.4, -0.2) is 28.9 Å². The summed E-state index contributed by atoms with van der Waals surface area (Å²) in [6, 6.07) is 16.9. The lowest BCUT2D eigenvalue weighted by Crippen LogP contribution is -2.14. The summed E-state index contributed by atoms with van der Waals surface area (Å²) in [5.74, 6) is 2.07. The summed E-state index contributed by atoms with van der Waals surface area (Å²) in [6.45, 7) is 1.87. The number of sulfonamides is 1. The van der Waals surface area contributed by atoms with E-state index in [0.29, 0.717) is 28.5 Å². The van der Waals surface area contributed by atoms with E-state index in [1.807, 2.05) is 49.4 Å². The van der Waals surface area contributed by atoms with Gasteiger partial charge in [-0.3, -0.25) is 4.72 Å². The molecule has 1 heterocycles. The molecular formula is C21H23NO5S. The van der Waals surface area contributed by atoms with Crippen molar-refractivity contribution in [1.29, 1.82) is 0 Å². The second-order valence-electron chi connectivity index (χ2n) is 6.46. The molecule has 148 valence electrons. The van der Waals surface area contributed by atoms with Crippen LogP contribution in [-0.2, 0) is 10.0 Å². The van der Waals surface area contributed by atoms with Crippen molar-refractivity contribution in [2.24, 2.45) is 0 Å². The van der Waals surface area contributed by atoms with Crippen molar-refractivity contribution in [1.82, 2.24) is 0 Å². The Kier molecular flexibility index (Phi) is 5.65. The number of aryl methyl sites for hydroxylation is 1. The maximum Gasteiger partial charge on any atom is 0.229 e. The number of ether oxygens (including phenoxy) is 2. The first-order valence-electron chi connectivity index (χ1n) is 8.67. The summed E-state index contributed by atoms with van der Waals surface area (Å²) in [5, 5.41) is 0. The van der Waals surface area contributed by atoms with Crippen LogP contribution >= 0.6 is 0 Å². The highest BCUT2D eigenvalue weighted by molar-refractivity contribution is 7.92. The number of anilines is 1. The molecule has 0 aliphatic heterocycles. The van der Waals surface area contributed by atoms with Crippen molar-refractivity contribution in [2.45, 2.75) is 12.8 Å². The van der Waals surface area contributed by atoms with Crippen molar-refractivity contribution in [3.8, 4) is 11.5 Å². The topological polar surface area (TPSA) is 77.8 Å². The average Bonchev–Trinajstić information content (AvgIpc) is 3.08. The quantitative estimate of drug-likeness (QED) is 0.643. The van der Waals surface area contributed by atoms with E-state index in [9.17, 15) is 8.42 Å². The van der Waals surface area contributed by atoms with E-state index in [0.717, 1.165) is 17.6 Å². The summed E-state index contributed by atoms with van der Waals surface area (Å²) in [7, 11) is -0.466. The fourth-order valence-corrected chi connectivity index (χ4v) is 3.75. The third kappa shape index (κ3) is 4.31. The summed E-state index contributed by atoms with van der Waals surface area (Å²) in [5.41, 5.74) is 2.06. The highest BCUT2D eigenvalue weighted by atomic mass is 32.2. The van der Waals surface area contributed by atoms with Gasteiger partial charge in [-0.1, -0.05) is 30.3 Å². The third-order valence-corrected chi connectivity index (χ3v) is 4.93. The Morgan fingerprint density at radius 3 is 2.14 bits per heavy atom. The van der Waals surface area contributed by atoms with Crippen LogP contribution in [0.4, 0.5) is 5.69 Å². The predicted octanol–water partition coefficient (Wildman–Crippen LogP) is 4.16. The molecule has 3 rings (SSSR count). The Hall–Kier alpha value is -2.93. The van der Waals surface area contributed by atoms with Crippen molar-refractivity contribution >= 4 is 15.7 Å². The van der Waals surface area contributed by atoms with Gasteiger partial charge in [-0.05, 0) is 36.2 Å². The predicted molar refractivity (Wildman–Crippen MR) is 109 cm³/mol. The molecule has 2 aromatic carbocycles. The standard InChI is InChI=1S/C21H23NO5S/c1-14-10-11-18(27-14)21(15-8-6-5-7-9-15)16-12-19(25-2)20(26-3)13-17(16)22-28(4,23)24/h5-13,21-22H,1-4H3. The first-order chi connectivity index (χ1) is 13.3. The molecule has 1 unspecified atom stereocenters. The molecule has 1 atom stereocenters. The molecule has 7 heteroatoms. The Morgan fingerprint density at radius 1 is 0.964 bits per heavy atom. The lowest BCUT2D eigenvalue weighted by molar-refractivity contribution is 0.354. The van der Waals surface area contributed by atoms with Gasteiger partial charge in [-0.25, -0.2) is 8.42 Å². The van der Waals surface area contributed by atoms with E-state index >= 15 is 0 Å². The Labute approximate surface area is 165 Å². The number of furan rings is 1. The minimum absolute atomic E-state index is 0.334. The molecule has 1 N–H and O–H groups in total. The van der Waals surface area contributed by atoms with Crippen LogP contribution in [0.15, 0.2) is 59.0 Å². The molecule has 0 amide bonds. The van der Waals surface area contributed by atoms with Gasteiger partial charge in [0.25, 0.3) is 0 Å². The molecule has 0 aliphatic carbocycles. The summed E-state index contributed by atoms with van der Waals surface area (Å²) >= 11 is 0. The first kappa shape index (κ1) is 19.8. The fourth-order valence-electron chi connectivity index (χ4n) is 3.17. The number of nitrogens with one attached hydrogen (secondary N) is 1. The maximum atomic E-state index is 12.0. The molecule has 0 saturated carbocycles. The van der Waals surface area contributed by atoms with Crippen molar-refractivity contribution < 1.29 is 22.3 Å². The van der Waals surface area contributed by atoms with Gasteiger partial charge in [-0.2, -0.15) is 0 Å². The lowest BCUT2D eigenvalue weighted by atomic mass is 9.88. The first-order valence-corrected chi connectivity index (χ1v) is 10.6. The number of rotatable bonds is 7. The van der Waals surface area contributed by atoms with Gasteiger partial charge < -0.3 is 13.9 Å². The smallest absolute Gasteiger partial charge is 0.229 e. The Morgan fingerprint density at radius 2 is 1.61 bits per heavy atom. The van der Waals surface area contributed by atoms with E-state index in [2.05, 4.69) is 4.72 Å². The molecule has 0 saturated heterocycles. The van der Waals surface area contributed by atoms with Gasteiger partial charge in [0.15, 0.2) is 11.5 Å². The molecular weight excluding hydrogens is 378 g/mol. The van der Waals surface area contributed by atoms with Crippen LogP contribution in [0.25, 0.3) is 0 Å². The Bertz CT molecular complexity index is 1060. The zero-order valence-electron chi connectivity index (χ0n) is 16.2. The summed E-state index contributed by atoms with van der Waals surface area (Å²) in [4.78, 5) is 0. The lowest BCUT2D eigenvalue weighted by Gasteiger charge is -2.22. The molecule has 0 radical (unpaired) electrons. The molecule has 6 nitrogen and oxygen atoms in total. The van der Waals surface area contributed by atoms with Crippen LogP contribution in [0, 0.1) is 6.92 Å². The van der Waals surface area contributed by atoms with Gasteiger partial charge in [0.1, 0.15) is 11.5 Å². The van der Waals surface area contributed by atoms with Crippen LogP contribution in [0.5, 0.6) is 11.5 Å². The molecule has 0 spiro atoms. The van der Waals surface area contributed by atoms with Crippen molar-refractivity contribution in [3.63, 3.8) is 0 Å². The normalized spacial score (nSPS) is 12.4. The second kappa shape index (κ2) is 7.98. The van der Waals surface area contributed by atoms with E-state index in [-0.39, 0.29) is 5.92 Å². The maximum absolute atomic E-state index is 12.0. The molecule has 1 aromatic heterocycles. The Balaban J connectivity index is 2.28. The summed E-state index contributed by atoms with van der Waals surface area (Å²) < 4.78 is 43.3. The van der Waals surface area contributed by atoms with Crippen molar-refractivity contribution in [3.05, 3.63) is 77.2 Å².